The zero-order valence-corrected chi connectivity index (χ0v) is 13.0. The van der Waals surface area contributed by atoms with Crippen LogP contribution in [0.3, 0.4) is 0 Å². The number of aryl methyl sites for hydroxylation is 1. The van der Waals surface area contributed by atoms with Crippen molar-refractivity contribution >= 4 is 33.3 Å². The van der Waals surface area contributed by atoms with Crippen LogP contribution < -0.4 is 5.32 Å². The third-order valence-electron chi connectivity index (χ3n) is 2.58. The second kappa shape index (κ2) is 6.87. The minimum Gasteiger partial charge on any atom is -0.366 e. The molecule has 0 unspecified atom stereocenters. The Balaban J connectivity index is 2.06. The van der Waals surface area contributed by atoms with Crippen molar-refractivity contribution in [1.29, 1.82) is 0 Å². The van der Waals surface area contributed by atoms with Gasteiger partial charge in [-0.1, -0.05) is 30.7 Å². The summed E-state index contributed by atoms with van der Waals surface area (Å²) >= 11 is 9.37. The van der Waals surface area contributed by atoms with Crippen LogP contribution in [-0.2, 0) is 13.0 Å². The molecule has 1 N–H and O–H groups in total. The molecule has 0 atom stereocenters. The van der Waals surface area contributed by atoms with Crippen LogP contribution in [0.25, 0.3) is 0 Å². The van der Waals surface area contributed by atoms with Gasteiger partial charge in [0, 0.05) is 24.1 Å². The maximum Gasteiger partial charge on any atom is 0.132 e. The van der Waals surface area contributed by atoms with Gasteiger partial charge >= 0.3 is 0 Å². The van der Waals surface area contributed by atoms with Gasteiger partial charge in [-0.2, -0.15) is 0 Å². The monoisotopic (exact) mass is 339 g/mol. The fourth-order valence-corrected chi connectivity index (χ4v) is 2.36. The van der Waals surface area contributed by atoms with Gasteiger partial charge in [-0.05, 0) is 40.0 Å². The van der Waals surface area contributed by atoms with Gasteiger partial charge in [0.2, 0.25) is 0 Å². The number of anilines is 1. The third kappa shape index (κ3) is 4.48. The lowest BCUT2D eigenvalue weighted by Crippen LogP contribution is -2.04. The minimum absolute atomic E-state index is 0.690. The summed E-state index contributed by atoms with van der Waals surface area (Å²) in [4.78, 5) is 8.81. The molecule has 1 aromatic carbocycles. The smallest absolute Gasteiger partial charge is 0.132 e. The van der Waals surface area contributed by atoms with Crippen LogP contribution in [0.1, 0.15) is 24.7 Å². The fraction of sp³-hybridized carbons (Fsp3) is 0.286. The molecule has 0 saturated heterocycles. The van der Waals surface area contributed by atoms with Crippen LogP contribution in [0, 0.1) is 0 Å². The van der Waals surface area contributed by atoms with Gasteiger partial charge in [-0.15, -0.1) is 0 Å². The highest BCUT2D eigenvalue weighted by Gasteiger charge is 2.02. The maximum atomic E-state index is 5.96. The highest BCUT2D eigenvalue weighted by molar-refractivity contribution is 9.10. The Labute approximate surface area is 126 Å². The van der Waals surface area contributed by atoms with E-state index >= 15 is 0 Å². The second-order valence-corrected chi connectivity index (χ2v) is 5.47. The SMILES string of the molecule is CCCc1nc(Br)cc(NCc2cccc(Cl)c2)n1. The largest absolute Gasteiger partial charge is 0.366 e. The molecule has 0 aliphatic rings. The van der Waals surface area contributed by atoms with E-state index in [1.54, 1.807) is 0 Å². The normalized spacial score (nSPS) is 10.5. The summed E-state index contributed by atoms with van der Waals surface area (Å²) in [6, 6.07) is 9.66. The molecule has 0 saturated carbocycles. The van der Waals surface area contributed by atoms with Crippen LogP contribution in [0.4, 0.5) is 5.82 Å². The standard InChI is InChI=1S/C14H15BrClN3/c1-2-4-13-18-12(15)8-14(19-13)17-9-10-5-3-6-11(16)7-10/h3,5-8H,2,4,9H2,1H3,(H,17,18,19). The molecule has 0 bridgehead atoms. The molecule has 0 spiro atoms. The lowest BCUT2D eigenvalue weighted by atomic mass is 10.2. The van der Waals surface area contributed by atoms with Gasteiger partial charge in [-0.3, -0.25) is 0 Å². The van der Waals surface area contributed by atoms with Crippen LogP contribution >= 0.6 is 27.5 Å². The number of hydrogen-bond acceptors (Lipinski definition) is 3. The topological polar surface area (TPSA) is 37.8 Å². The highest BCUT2D eigenvalue weighted by Crippen LogP contribution is 2.15. The first-order valence-electron chi connectivity index (χ1n) is 6.19. The molecule has 0 aliphatic heterocycles. The number of benzene rings is 1. The first kappa shape index (κ1) is 14.3. The van der Waals surface area contributed by atoms with Gasteiger partial charge < -0.3 is 5.32 Å². The van der Waals surface area contributed by atoms with Crippen molar-refractivity contribution in [3.63, 3.8) is 0 Å². The zero-order chi connectivity index (χ0) is 13.7. The molecule has 0 radical (unpaired) electrons. The van der Waals surface area contributed by atoms with Gasteiger partial charge in [0.25, 0.3) is 0 Å². The van der Waals surface area contributed by atoms with Crippen LogP contribution in [0.5, 0.6) is 0 Å². The maximum absolute atomic E-state index is 5.96. The van der Waals surface area contributed by atoms with E-state index in [2.05, 4.69) is 38.1 Å². The predicted octanol–water partition coefficient (Wildman–Crippen LogP) is 4.46. The number of aromatic nitrogens is 2. The number of nitrogens with zero attached hydrogens (tertiary/aromatic N) is 2. The quantitative estimate of drug-likeness (QED) is 0.817. The molecule has 19 heavy (non-hydrogen) atoms. The Morgan fingerprint density at radius 3 is 2.84 bits per heavy atom. The van der Waals surface area contributed by atoms with Crippen molar-refractivity contribution < 1.29 is 0 Å². The summed E-state index contributed by atoms with van der Waals surface area (Å²) in [6.45, 7) is 2.80. The van der Waals surface area contributed by atoms with Crippen molar-refractivity contribution in [3.05, 3.63) is 51.3 Å². The third-order valence-corrected chi connectivity index (χ3v) is 3.22. The van der Waals surface area contributed by atoms with Crippen molar-refractivity contribution in [2.75, 3.05) is 5.32 Å². The molecule has 1 aromatic heterocycles. The summed E-state index contributed by atoms with van der Waals surface area (Å²) in [6.07, 6.45) is 1.91. The highest BCUT2D eigenvalue weighted by atomic mass is 79.9. The van der Waals surface area contributed by atoms with Gasteiger partial charge in [0.15, 0.2) is 0 Å². The molecule has 0 amide bonds. The molecule has 1 heterocycles. The molecule has 0 aliphatic carbocycles. The lowest BCUT2D eigenvalue weighted by molar-refractivity contribution is 0.828. The van der Waals surface area contributed by atoms with Crippen LogP contribution in [-0.4, -0.2) is 9.97 Å². The zero-order valence-electron chi connectivity index (χ0n) is 10.7. The summed E-state index contributed by atoms with van der Waals surface area (Å²) in [5, 5.41) is 4.03. The Kier molecular flexibility index (Phi) is 5.16. The lowest BCUT2D eigenvalue weighted by Gasteiger charge is -2.08. The summed E-state index contributed by atoms with van der Waals surface area (Å²) in [5.74, 6) is 1.68. The van der Waals surface area contributed by atoms with Gasteiger partial charge in [0.05, 0.1) is 0 Å². The van der Waals surface area contributed by atoms with E-state index in [4.69, 9.17) is 11.6 Å². The summed E-state index contributed by atoms with van der Waals surface area (Å²) in [5.41, 5.74) is 1.12. The molecular weight excluding hydrogens is 326 g/mol. The fourth-order valence-electron chi connectivity index (χ4n) is 1.73. The predicted molar refractivity (Wildman–Crippen MR) is 82.5 cm³/mol. The second-order valence-electron chi connectivity index (χ2n) is 4.23. The van der Waals surface area contributed by atoms with Crippen molar-refractivity contribution in [2.45, 2.75) is 26.3 Å². The van der Waals surface area contributed by atoms with E-state index in [1.165, 1.54) is 0 Å². The molecular formula is C14H15BrClN3. The van der Waals surface area contributed by atoms with E-state index < -0.39 is 0 Å². The van der Waals surface area contributed by atoms with E-state index in [9.17, 15) is 0 Å². The van der Waals surface area contributed by atoms with Crippen LogP contribution in [0.15, 0.2) is 34.9 Å². The Bertz CT molecular complexity index is 560. The number of nitrogens with one attached hydrogen (secondary N) is 1. The average molecular weight is 341 g/mol. The number of halogens is 2. The van der Waals surface area contributed by atoms with E-state index in [-0.39, 0.29) is 0 Å². The number of rotatable bonds is 5. The molecule has 2 rings (SSSR count). The molecule has 3 nitrogen and oxygen atoms in total. The van der Waals surface area contributed by atoms with Crippen LogP contribution in [0.2, 0.25) is 5.02 Å². The first-order chi connectivity index (χ1) is 9.17. The number of hydrogen-bond donors (Lipinski definition) is 1. The van der Waals surface area contributed by atoms with E-state index in [1.807, 2.05) is 30.3 Å². The van der Waals surface area contributed by atoms with E-state index in [0.29, 0.717) is 6.54 Å². The van der Waals surface area contributed by atoms with E-state index in [0.717, 1.165) is 39.7 Å². The summed E-state index contributed by atoms with van der Waals surface area (Å²) in [7, 11) is 0. The Morgan fingerprint density at radius 1 is 1.26 bits per heavy atom. The first-order valence-corrected chi connectivity index (χ1v) is 7.36. The van der Waals surface area contributed by atoms with Crippen molar-refractivity contribution in [2.24, 2.45) is 0 Å². The minimum atomic E-state index is 0.690. The van der Waals surface area contributed by atoms with Gasteiger partial charge in [-0.25, -0.2) is 9.97 Å². The van der Waals surface area contributed by atoms with Crippen molar-refractivity contribution in [3.8, 4) is 0 Å². The van der Waals surface area contributed by atoms with Gasteiger partial charge in [0.1, 0.15) is 16.2 Å². The molecule has 5 heteroatoms. The molecule has 0 fully saturated rings. The van der Waals surface area contributed by atoms with Crippen molar-refractivity contribution in [1.82, 2.24) is 9.97 Å². The Morgan fingerprint density at radius 2 is 2.11 bits per heavy atom. The molecule has 100 valence electrons. The average Bonchev–Trinajstić information content (AvgIpc) is 2.36. The Hall–Kier alpha value is -1.13. The summed E-state index contributed by atoms with van der Waals surface area (Å²) < 4.78 is 0.805. The molecule has 2 aromatic rings.